The largest absolute Gasteiger partial charge is 0.464 e. The SMILES string of the molecule is COC(=O)c1nc(CC(C)N)n2cc(N)ccc12. The van der Waals surface area contributed by atoms with Gasteiger partial charge in [-0.25, -0.2) is 9.78 Å². The van der Waals surface area contributed by atoms with Gasteiger partial charge in [-0.1, -0.05) is 0 Å². The zero-order valence-electron chi connectivity index (χ0n) is 10.4. The lowest BCUT2D eigenvalue weighted by molar-refractivity contribution is 0.0596. The van der Waals surface area contributed by atoms with E-state index in [9.17, 15) is 4.79 Å². The van der Waals surface area contributed by atoms with E-state index in [1.165, 1.54) is 7.11 Å². The molecule has 0 aromatic carbocycles. The topological polar surface area (TPSA) is 95.6 Å². The van der Waals surface area contributed by atoms with Gasteiger partial charge in [-0.15, -0.1) is 0 Å². The van der Waals surface area contributed by atoms with Crippen LogP contribution in [0.15, 0.2) is 18.3 Å². The van der Waals surface area contributed by atoms with Crippen LogP contribution in [0.1, 0.15) is 23.2 Å². The summed E-state index contributed by atoms with van der Waals surface area (Å²) in [5, 5.41) is 0. The highest BCUT2D eigenvalue weighted by Gasteiger charge is 2.18. The van der Waals surface area contributed by atoms with Crippen LogP contribution in [0.3, 0.4) is 0 Å². The van der Waals surface area contributed by atoms with Crippen molar-refractivity contribution in [1.82, 2.24) is 9.38 Å². The van der Waals surface area contributed by atoms with Crippen LogP contribution in [0.2, 0.25) is 0 Å². The molecule has 0 saturated carbocycles. The number of hydrogen-bond acceptors (Lipinski definition) is 5. The van der Waals surface area contributed by atoms with Gasteiger partial charge in [0.05, 0.1) is 12.6 Å². The van der Waals surface area contributed by atoms with E-state index in [1.807, 2.05) is 6.92 Å². The number of nitrogen functional groups attached to an aromatic ring is 1. The maximum absolute atomic E-state index is 11.7. The predicted molar refractivity (Wildman–Crippen MR) is 68.3 cm³/mol. The van der Waals surface area contributed by atoms with Crippen LogP contribution in [-0.2, 0) is 11.2 Å². The number of aromatic nitrogens is 2. The van der Waals surface area contributed by atoms with Gasteiger partial charge >= 0.3 is 5.97 Å². The van der Waals surface area contributed by atoms with E-state index < -0.39 is 5.97 Å². The molecule has 0 aliphatic rings. The Morgan fingerprint density at radius 2 is 2.28 bits per heavy atom. The molecule has 2 aromatic heterocycles. The molecule has 2 rings (SSSR count). The highest BCUT2D eigenvalue weighted by molar-refractivity contribution is 5.95. The van der Waals surface area contributed by atoms with Crippen LogP contribution in [0, 0.1) is 0 Å². The predicted octanol–water partition coefficient (Wildman–Crippen LogP) is 0.593. The number of rotatable bonds is 3. The fraction of sp³-hybridized carbons (Fsp3) is 0.333. The van der Waals surface area contributed by atoms with Gasteiger partial charge in [0, 0.05) is 24.3 Å². The van der Waals surface area contributed by atoms with E-state index in [2.05, 4.69) is 4.98 Å². The van der Waals surface area contributed by atoms with Crippen molar-refractivity contribution in [3.8, 4) is 0 Å². The Morgan fingerprint density at radius 3 is 2.89 bits per heavy atom. The third-order valence-electron chi connectivity index (χ3n) is 2.62. The Hall–Kier alpha value is -2.08. The first-order chi connectivity index (χ1) is 8.52. The van der Waals surface area contributed by atoms with Gasteiger partial charge in [0.1, 0.15) is 5.82 Å². The first-order valence-corrected chi connectivity index (χ1v) is 5.63. The van der Waals surface area contributed by atoms with Crippen LogP contribution in [0.5, 0.6) is 0 Å². The third-order valence-corrected chi connectivity index (χ3v) is 2.62. The second-order valence-electron chi connectivity index (χ2n) is 4.27. The van der Waals surface area contributed by atoms with E-state index >= 15 is 0 Å². The molecule has 1 unspecified atom stereocenters. The Kier molecular flexibility index (Phi) is 3.20. The van der Waals surface area contributed by atoms with E-state index in [0.29, 0.717) is 23.4 Å². The molecule has 0 amide bonds. The molecule has 4 N–H and O–H groups in total. The maximum atomic E-state index is 11.7. The van der Waals surface area contributed by atoms with Crippen molar-refractivity contribution >= 4 is 17.2 Å². The second kappa shape index (κ2) is 4.66. The second-order valence-corrected chi connectivity index (χ2v) is 4.27. The van der Waals surface area contributed by atoms with Gasteiger partial charge in [-0.2, -0.15) is 0 Å². The monoisotopic (exact) mass is 248 g/mol. The lowest BCUT2D eigenvalue weighted by Gasteiger charge is -2.04. The number of hydrogen-bond donors (Lipinski definition) is 2. The van der Waals surface area contributed by atoms with Crippen molar-refractivity contribution < 1.29 is 9.53 Å². The van der Waals surface area contributed by atoms with Gasteiger partial charge in [0.2, 0.25) is 0 Å². The minimum absolute atomic E-state index is 0.0532. The molecule has 0 aliphatic carbocycles. The maximum Gasteiger partial charge on any atom is 0.358 e. The van der Waals surface area contributed by atoms with Crippen LogP contribution in [-0.4, -0.2) is 28.5 Å². The number of carbonyl (C=O) groups is 1. The van der Waals surface area contributed by atoms with Crippen LogP contribution >= 0.6 is 0 Å². The fourth-order valence-corrected chi connectivity index (χ4v) is 1.84. The molecule has 0 radical (unpaired) electrons. The normalized spacial score (nSPS) is 12.6. The quantitative estimate of drug-likeness (QED) is 0.775. The number of methoxy groups -OCH3 is 1. The number of anilines is 1. The number of fused-ring (bicyclic) bond motifs is 1. The molecule has 18 heavy (non-hydrogen) atoms. The van der Waals surface area contributed by atoms with Crippen molar-refractivity contribution in [1.29, 1.82) is 0 Å². The van der Waals surface area contributed by atoms with Crippen molar-refractivity contribution in [2.45, 2.75) is 19.4 Å². The van der Waals surface area contributed by atoms with Gasteiger partial charge in [0.15, 0.2) is 5.69 Å². The zero-order valence-corrected chi connectivity index (χ0v) is 10.4. The smallest absolute Gasteiger partial charge is 0.358 e. The lowest BCUT2D eigenvalue weighted by Crippen LogP contribution is -2.19. The summed E-state index contributed by atoms with van der Waals surface area (Å²) in [5.74, 6) is 0.237. The third kappa shape index (κ3) is 2.14. The Morgan fingerprint density at radius 1 is 1.56 bits per heavy atom. The molecule has 1 atom stereocenters. The standard InChI is InChI=1S/C12H16N4O2/c1-7(13)5-10-15-11(12(17)18-2)9-4-3-8(14)6-16(9)10/h3-4,6-7H,5,13-14H2,1-2H3. The molecule has 2 heterocycles. The van der Waals surface area contributed by atoms with Gasteiger partial charge < -0.3 is 20.6 Å². The lowest BCUT2D eigenvalue weighted by atomic mass is 10.2. The average Bonchev–Trinajstić information content (AvgIpc) is 2.66. The number of esters is 1. The molecular weight excluding hydrogens is 232 g/mol. The number of imidazole rings is 1. The first-order valence-electron chi connectivity index (χ1n) is 5.63. The van der Waals surface area contributed by atoms with Gasteiger partial charge in [0.25, 0.3) is 0 Å². The molecular formula is C12H16N4O2. The average molecular weight is 248 g/mol. The Bertz CT molecular complexity index is 589. The molecule has 2 aromatic rings. The Balaban J connectivity index is 2.63. The summed E-state index contributed by atoms with van der Waals surface area (Å²) in [5.41, 5.74) is 13.1. The minimum Gasteiger partial charge on any atom is -0.464 e. The summed E-state index contributed by atoms with van der Waals surface area (Å²) < 4.78 is 6.50. The molecule has 0 bridgehead atoms. The highest BCUT2D eigenvalue weighted by atomic mass is 16.5. The van der Waals surface area contributed by atoms with Crippen LogP contribution in [0.4, 0.5) is 5.69 Å². The van der Waals surface area contributed by atoms with Gasteiger partial charge in [-0.3, -0.25) is 0 Å². The molecule has 0 saturated heterocycles. The van der Waals surface area contributed by atoms with Crippen LogP contribution in [0.25, 0.3) is 5.52 Å². The summed E-state index contributed by atoms with van der Waals surface area (Å²) >= 11 is 0. The van der Waals surface area contributed by atoms with E-state index in [1.54, 1.807) is 22.7 Å². The molecule has 6 nitrogen and oxygen atoms in total. The summed E-state index contributed by atoms with van der Waals surface area (Å²) in [4.78, 5) is 15.9. The van der Waals surface area contributed by atoms with E-state index in [-0.39, 0.29) is 11.7 Å². The van der Waals surface area contributed by atoms with Crippen molar-refractivity contribution in [3.63, 3.8) is 0 Å². The minimum atomic E-state index is -0.465. The number of carbonyl (C=O) groups excluding carboxylic acids is 1. The van der Waals surface area contributed by atoms with Crippen molar-refractivity contribution in [2.24, 2.45) is 5.73 Å². The zero-order chi connectivity index (χ0) is 13.3. The molecule has 96 valence electrons. The van der Waals surface area contributed by atoms with Crippen molar-refractivity contribution in [2.75, 3.05) is 12.8 Å². The summed E-state index contributed by atoms with van der Waals surface area (Å²) in [6.07, 6.45) is 2.29. The molecule has 0 fully saturated rings. The number of pyridine rings is 1. The molecule has 0 aliphatic heterocycles. The summed E-state index contributed by atoms with van der Waals surface area (Å²) in [7, 11) is 1.33. The van der Waals surface area contributed by atoms with E-state index in [0.717, 1.165) is 0 Å². The Labute approximate surface area is 105 Å². The summed E-state index contributed by atoms with van der Waals surface area (Å²) in [6, 6.07) is 3.42. The number of nitrogens with zero attached hydrogens (tertiary/aromatic N) is 2. The van der Waals surface area contributed by atoms with E-state index in [4.69, 9.17) is 16.2 Å². The van der Waals surface area contributed by atoms with Crippen LogP contribution < -0.4 is 11.5 Å². The van der Waals surface area contributed by atoms with Gasteiger partial charge in [-0.05, 0) is 19.1 Å². The summed E-state index contributed by atoms with van der Waals surface area (Å²) in [6.45, 7) is 1.88. The molecule has 6 heteroatoms. The first kappa shape index (κ1) is 12.4. The molecule has 0 spiro atoms. The number of nitrogens with two attached hydrogens (primary N) is 2. The highest BCUT2D eigenvalue weighted by Crippen LogP contribution is 2.17. The van der Waals surface area contributed by atoms with Crippen molar-refractivity contribution in [3.05, 3.63) is 29.8 Å². The fourth-order valence-electron chi connectivity index (χ4n) is 1.84. The number of ether oxygens (including phenoxy) is 1.